The van der Waals surface area contributed by atoms with Gasteiger partial charge in [0.25, 0.3) is 10.1 Å². The fraction of sp³-hybridized carbons (Fsp3) is 0.364. The van der Waals surface area contributed by atoms with Gasteiger partial charge in [0.05, 0.1) is 16.4 Å². The molecule has 0 N–H and O–H groups in total. The zero-order chi connectivity index (χ0) is 14.0. The van der Waals surface area contributed by atoms with Crippen LogP contribution in [0.1, 0.15) is 12.0 Å². The van der Waals surface area contributed by atoms with Crippen LogP contribution in [0.5, 0.6) is 0 Å². The van der Waals surface area contributed by atoms with Crippen LogP contribution in [0.3, 0.4) is 0 Å². The van der Waals surface area contributed by atoms with Crippen LogP contribution in [-0.4, -0.2) is 33.1 Å². The molecular formula is C11H11BrFNO4S. The number of hydrogen-bond acceptors (Lipinski definition) is 5. The Bertz CT molecular complexity index is 617. The Labute approximate surface area is 118 Å². The minimum absolute atomic E-state index is 0.106. The third kappa shape index (κ3) is 3.99. The minimum atomic E-state index is -3.50. The number of rotatable bonds is 4. The van der Waals surface area contributed by atoms with Crippen molar-refractivity contribution in [3.05, 3.63) is 34.1 Å². The maximum atomic E-state index is 13.4. The van der Waals surface area contributed by atoms with Crippen LogP contribution in [0.2, 0.25) is 0 Å². The summed E-state index contributed by atoms with van der Waals surface area (Å²) >= 11 is 3.06. The molecular weight excluding hydrogens is 341 g/mol. The van der Waals surface area contributed by atoms with Gasteiger partial charge in [-0.2, -0.15) is 8.42 Å². The predicted octanol–water partition coefficient (Wildman–Crippen LogP) is 2.06. The Balaban J connectivity index is 1.99. The highest BCUT2D eigenvalue weighted by Crippen LogP contribution is 2.21. The first-order valence-electron chi connectivity index (χ1n) is 5.37. The molecule has 1 heterocycles. The van der Waals surface area contributed by atoms with Crippen LogP contribution < -0.4 is 0 Å². The summed E-state index contributed by atoms with van der Waals surface area (Å²) in [6.45, 7) is -0.106. The van der Waals surface area contributed by atoms with E-state index in [-0.39, 0.29) is 6.61 Å². The van der Waals surface area contributed by atoms with Crippen molar-refractivity contribution in [2.45, 2.75) is 12.5 Å². The summed E-state index contributed by atoms with van der Waals surface area (Å²) in [4.78, 5) is 5.05. The van der Waals surface area contributed by atoms with Gasteiger partial charge >= 0.3 is 0 Å². The standard InChI is InChI=1S/C11H11BrFNO4S/c1-19(15,16)17-6-8-5-11(14-18-8)7-2-3-9(12)10(13)4-7/h2-4,8H,5-6H2,1H3. The second-order valence-corrected chi connectivity index (χ2v) is 6.59. The summed E-state index contributed by atoms with van der Waals surface area (Å²) in [5.74, 6) is -0.393. The molecule has 19 heavy (non-hydrogen) atoms. The van der Waals surface area contributed by atoms with Crippen LogP contribution in [-0.2, 0) is 19.1 Å². The van der Waals surface area contributed by atoms with Crippen molar-refractivity contribution < 1.29 is 21.8 Å². The van der Waals surface area contributed by atoms with Gasteiger partial charge in [-0.15, -0.1) is 0 Å². The van der Waals surface area contributed by atoms with Crippen molar-refractivity contribution in [1.82, 2.24) is 0 Å². The molecule has 104 valence electrons. The van der Waals surface area contributed by atoms with Gasteiger partial charge in [-0.25, -0.2) is 4.39 Å². The molecule has 1 aliphatic heterocycles. The van der Waals surface area contributed by atoms with E-state index in [9.17, 15) is 12.8 Å². The molecule has 0 saturated heterocycles. The van der Waals surface area contributed by atoms with Gasteiger partial charge in [0.2, 0.25) is 0 Å². The summed E-state index contributed by atoms with van der Waals surface area (Å²) < 4.78 is 40.1. The molecule has 1 aromatic rings. The lowest BCUT2D eigenvalue weighted by Gasteiger charge is -2.07. The molecule has 1 aromatic carbocycles. The third-order valence-electron chi connectivity index (χ3n) is 2.45. The first-order chi connectivity index (χ1) is 8.85. The highest BCUT2D eigenvalue weighted by atomic mass is 79.9. The first-order valence-corrected chi connectivity index (χ1v) is 7.98. The van der Waals surface area contributed by atoms with Gasteiger partial charge in [0.1, 0.15) is 12.4 Å². The zero-order valence-electron chi connectivity index (χ0n) is 9.97. The largest absolute Gasteiger partial charge is 0.389 e. The van der Waals surface area contributed by atoms with E-state index < -0.39 is 22.0 Å². The van der Waals surface area contributed by atoms with Crippen molar-refractivity contribution in [3.63, 3.8) is 0 Å². The van der Waals surface area contributed by atoms with Crippen LogP contribution >= 0.6 is 15.9 Å². The van der Waals surface area contributed by atoms with E-state index in [1.807, 2.05) is 0 Å². The molecule has 0 spiro atoms. The normalized spacial score (nSPS) is 19.1. The topological polar surface area (TPSA) is 65.0 Å². The highest BCUT2D eigenvalue weighted by molar-refractivity contribution is 9.10. The Hall–Kier alpha value is -0.990. The Morgan fingerprint density at radius 3 is 2.95 bits per heavy atom. The molecule has 0 fully saturated rings. The van der Waals surface area contributed by atoms with Crippen LogP contribution in [0.4, 0.5) is 4.39 Å². The quantitative estimate of drug-likeness (QED) is 0.778. The first kappa shape index (κ1) is 14.4. The minimum Gasteiger partial charge on any atom is -0.389 e. The maximum absolute atomic E-state index is 13.4. The average Bonchev–Trinajstić information content (AvgIpc) is 2.78. The summed E-state index contributed by atoms with van der Waals surface area (Å²) in [6, 6.07) is 4.62. The van der Waals surface area contributed by atoms with Crippen LogP contribution in [0.15, 0.2) is 27.8 Å². The number of benzene rings is 1. The maximum Gasteiger partial charge on any atom is 0.264 e. The summed E-state index contributed by atoms with van der Waals surface area (Å²) in [5.41, 5.74) is 1.16. The van der Waals surface area contributed by atoms with Gasteiger partial charge in [0.15, 0.2) is 6.10 Å². The number of halogens is 2. The average molecular weight is 352 g/mol. The lowest BCUT2D eigenvalue weighted by atomic mass is 10.1. The van der Waals surface area contributed by atoms with E-state index in [4.69, 9.17) is 4.84 Å². The van der Waals surface area contributed by atoms with E-state index in [1.54, 1.807) is 12.1 Å². The molecule has 0 bridgehead atoms. The lowest BCUT2D eigenvalue weighted by molar-refractivity contribution is 0.0493. The Morgan fingerprint density at radius 1 is 1.58 bits per heavy atom. The van der Waals surface area contributed by atoms with E-state index in [2.05, 4.69) is 25.3 Å². The molecule has 0 amide bonds. The Kier molecular flexibility index (Phi) is 4.22. The third-order valence-corrected chi connectivity index (χ3v) is 3.66. The van der Waals surface area contributed by atoms with Crippen molar-refractivity contribution in [2.75, 3.05) is 12.9 Å². The van der Waals surface area contributed by atoms with Gasteiger partial charge in [-0.1, -0.05) is 11.2 Å². The SMILES string of the molecule is CS(=O)(=O)OCC1CC(c2ccc(Br)c(F)c2)=NO1. The molecule has 0 aliphatic carbocycles. The summed E-state index contributed by atoms with van der Waals surface area (Å²) in [7, 11) is -3.50. The zero-order valence-corrected chi connectivity index (χ0v) is 12.4. The fourth-order valence-corrected chi connectivity index (χ4v) is 2.21. The van der Waals surface area contributed by atoms with E-state index in [0.29, 0.717) is 22.2 Å². The summed E-state index contributed by atoms with van der Waals surface area (Å²) in [5, 5.41) is 3.82. The molecule has 2 rings (SSSR count). The monoisotopic (exact) mass is 351 g/mol. The molecule has 5 nitrogen and oxygen atoms in total. The van der Waals surface area contributed by atoms with Crippen molar-refractivity contribution >= 4 is 31.8 Å². The van der Waals surface area contributed by atoms with Crippen molar-refractivity contribution in [2.24, 2.45) is 5.16 Å². The van der Waals surface area contributed by atoms with E-state index >= 15 is 0 Å². The number of oxime groups is 1. The second-order valence-electron chi connectivity index (χ2n) is 4.09. The predicted molar refractivity (Wildman–Crippen MR) is 70.9 cm³/mol. The van der Waals surface area contributed by atoms with Gasteiger partial charge < -0.3 is 4.84 Å². The highest BCUT2D eigenvalue weighted by Gasteiger charge is 2.24. The van der Waals surface area contributed by atoms with Crippen molar-refractivity contribution in [3.8, 4) is 0 Å². The van der Waals surface area contributed by atoms with Crippen LogP contribution in [0, 0.1) is 5.82 Å². The molecule has 1 unspecified atom stereocenters. The fourth-order valence-electron chi connectivity index (χ4n) is 1.56. The van der Waals surface area contributed by atoms with E-state index in [1.165, 1.54) is 6.07 Å². The molecule has 1 aliphatic rings. The van der Waals surface area contributed by atoms with Crippen molar-refractivity contribution in [1.29, 1.82) is 0 Å². The smallest absolute Gasteiger partial charge is 0.264 e. The molecule has 0 aromatic heterocycles. The van der Waals surface area contributed by atoms with Gasteiger partial charge in [0, 0.05) is 12.0 Å². The van der Waals surface area contributed by atoms with Gasteiger partial charge in [-0.3, -0.25) is 4.18 Å². The second kappa shape index (κ2) is 5.56. The Morgan fingerprint density at radius 2 is 2.32 bits per heavy atom. The number of hydrogen-bond donors (Lipinski definition) is 0. The molecule has 0 radical (unpaired) electrons. The van der Waals surface area contributed by atoms with Gasteiger partial charge in [-0.05, 0) is 28.1 Å². The number of nitrogens with zero attached hydrogens (tertiary/aromatic N) is 1. The lowest BCUT2D eigenvalue weighted by Crippen LogP contribution is -2.18. The molecule has 8 heteroatoms. The molecule has 1 atom stereocenters. The summed E-state index contributed by atoms with van der Waals surface area (Å²) in [6.07, 6.45) is 0.862. The molecule has 0 saturated carbocycles. The van der Waals surface area contributed by atoms with Crippen LogP contribution in [0.25, 0.3) is 0 Å². The van der Waals surface area contributed by atoms with E-state index in [0.717, 1.165) is 6.26 Å².